The molecule has 1 radical (unpaired) electrons. The van der Waals surface area contributed by atoms with Gasteiger partial charge >= 0.3 is 124 Å². The van der Waals surface area contributed by atoms with E-state index in [4.69, 9.17) is 9.40 Å². The zero-order valence-electron chi connectivity index (χ0n) is 33.9. The van der Waals surface area contributed by atoms with Crippen LogP contribution in [-0.2, 0) is 25.7 Å². The molecule has 4 aromatic heterocycles. The molecule has 8 rings (SSSR count). The van der Waals surface area contributed by atoms with E-state index in [1.807, 2.05) is 86.9 Å². The van der Waals surface area contributed by atoms with E-state index < -0.39 is 18.9 Å². The number of imidazole rings is 1. The summed E-state index contributed by atoms with van der Waals surface area (Å²) in [5.41, 5.74) is 11.2. The third kappa shape index (κ3) is 7.92. The predicted molar refractivity (Wildman–Crippen MR) is 230 cm³/mol. The molecule has 0 aliphatic heterocycles. The largest absolute Gasteiger partial charge is 0.501 e. The molecule has 4 aromatic carbocycles. The van der Waals surface area contributed by atoms with Gasteiger partial charge in [0.25, 0.3) is 0 Å². The summed E-state index contributed by atoms with van der Waals surface area (Å²) >= 11 is -2.07. The van der Waals surface area contributed by atoms with Gasteiger partial charge in [0.2, 0.25) is 0 Å². The molecule has 0 saturated carbocycles. The molecule has 0 bridgehead atoms. The molecule has 4 heterocycles. The van der Waals surface area contributed by atoms with Gasteiger partial charge in [0, 0.05) is 37.4 Å². The Morgan fingerprint density at radius 1 is 0.804 bits per heavy atom. The summed E-state index contributed by atoms with van der Waals surface area (Å²) in [5.74, 6) is 8.48. The summed E-state index contributed by atoms with van der Waals surface area (Å²) in [5, 5.41) is 12.7. The average molecular weight is 980 g/mol. The molecule has 0 unspecified atom stereocenters. The Morgan fingerprint density at radius 3 is 2.14 bits per heavy atom. The van der Waals surface area contributed by atoms with Gasteiger partial charge in [0.15, 0.2) is 0 Å². The topological polar surface area (TPSA) is 77.0 Å². The molecule has 6 nitrogen and oxygen atoms in total. The molecule has 289 valence electrons. The van der Waals surface area contributed by atoms with Crippen molar-refractivity contribution in [2.75, 3.05) is 0 Å². The van der Waals surface area contributed by atoms with E-state index in [9.17, 15) is 5.11 Å². The number of para-hydroxylation sites is 2. The number of furan rings is 1. The molecule has 1 N–H and O–H groups in total. The number of fused-ring (bicyclic) bond motifs is 4. The van der Waals surface area contributed by atoms with E-state index in [1.54, 1.807) is 0 Å². The Labute approximate surface area is 347 Å². The minimum Gasteiger partial charge on any atom is -0.501 e. The third-order valence-corrected chi connectivity index (χ3v) is 14.5. The minimum absolute atomic E-state index is 0. The maximum atomic E-state index is 10.5. The van der Waals surface area contributed by atoms with Crippen LogP contribution >= 0.6 is 0 Å². The molecule has 0 amide bonds. The van der Waals surface area contributed by atoms with E-state index in [0.717, 1.165) is 66.9 Å². The van der Waals surface area contributed by atoms with Crippen LogP contribution in [0.2, 0.25) is 17.3 Å². The number of aliphatic hydroxyl groups is 1. The van der Waals surface area contributed by atoms with E-state index in [1.165, 1.54) is 21.2 Å². The molecule has 56 heavy (non-hydrogen) atoms. The Bertz CT molecular complexity index is 2620. The maximum Gasteiger partial charge on any atom is 0.120 e. The molecule has 0 atom stereocenters. The SMILES string of the molecule is CC(C)(O)c1cc(-c2[c-]cccc2)nc[c]1[Ge]([CH3])([CH3])[CH3].Cc1nccc2nc(-c3[c-]ccc4c3oc3ccccc34)n(-c3c(C(C)C)cccc3C(C)C)c12.[Ir]. The van der Waals surface area contributed by atoms with Gasteiger partial charge in [-0.3, -0.25) is 9.97 Å². The van der Waals surface area contributed by atoms with Gasteiger partial charge in [-0.15, -0.1) is 18.2 Å². The first-order valence-corrected chi connectivity index (χ1v) is 26.5. The van der Waals surface area contributed by atoms with Crippen molar-refractivity contribution in [2.24, 2.45) is 0 Å². The van der Waals surface area contributed by atoms with Crippen LogP contribution in [0.3, 0.4) is 0 Å². The number of pyridine rings is 2. The second-order valence-electron chi connectivity index (χ2n) is 16.5. The van der Waals surface area contributed by atoms with E-state index in [0.29, 0.717) is 11.8 Å². The summed E-state index contributed by atoms with van der Waals surface area (Å²) in [6, 6.07) is 37.4. The fourth-order valence-electron chi connectivity index (χ4n) is 7.45. The number of benzene rings is 4. The molecule has 0 saturated heterocycles. The van der Waals surface area contributed by atoms with Crippen LogP contribution in [-0.4, -0.2) is 37.9 Å². The predicted octanol–water partition coefficient (Wildman–Crippen LogP) is 11.7. The summed E-state index contributed by atoms with van der Waals surface area (Å²) < 4.78 is 9.98. The van der Waals surface area contributed by atoms with Gasteiger partial charge in [0.1, 0.15) is 5.58 Å². The first-order chi connectivity index (χ1) is 26.1. The number of rotatable bonds is 7. The van der Waals surface area contributed by atoms with Gasteiger partial charge in [-0.1, -0.05) is 75.0 Å². The fourth-order valence-corrected chi connectivity index (χ4v) is 10.9. The smallest absolute Gasteiger partial charge is 0.120 e. The monoisotopic (exact) mass is 981 g/mol. The first kappa shape index (κ1) is 41.2. The standard InChI is InChI=1S/C31H28N3O.C17H22GeNO.Ir/c1-18(2)21-11-8-12-22(19(3)4)29(21)34-28-20(5)32-17-16-26(28)33-31(34)25-14-9-13-24-23-10-6-7-15-27(23)35-30(24)25;1-17(2,20)14-11-16(13-9-7-6-8-10-13)19-12-15(14)18(3,4)5;/h6-13,15-19H,1-5H3;6-9,11-12,20H,1-5H3;/q2*-1;. The average Bonchev–Trinajstić information content (AvgIpc) is 3.74. The molecule has 0 aliphatic carbocycles. The van der Waals surface area contributed by atoms with Gasteiger partial charge in [-0.2, -0.15) is 0 Å². The summed E-state index contributed by atoms with van der Waals surface area (Å²) in [4.78, 5) is 14.4. The van der Waals surface area contributed by atoms with Gasteiger partial charge in [0.05, 0.1) is 28.1 Å². The van der Waals surface area contributed by atoms with Crippen molar-refractivity contribution in [1.82, 2.24) is 19.5 Å². The Hall–Kier alpha value is -4.40. The van der Waals surface area contributed by atoms with Crippen LogP contribution < -0.4 is 4.40 Å². The van der Waals surface area contributed by atoms with Gasteiger partial charge in [-0.25, -0.2) is 0 Å². The van der Waals surface area contributed by atoms with E-state index in [-0.39, 0.29) is 20.1 Å². The quantitative estimate of drug-likeness (QED) is 0.127. The number of aromatic nitrogens is 4. The van der Waals surface area contributed by atoms with Crippen LogP contribution in [0.5, 0.6) is 0 Å². The summed E-state index contributed by atoms with van der Waals surface area (Å²) in [6.07, 6.45) is 3.80. The van der Waals surface area contributed by atoms with Crippen LogP contribution in [0.25, 0.3) is 61.3 Å². The van der Waals surface area contributed by atoms with Gasteiger partial charge in [-0.05, 0) is 42.0 Å². The molecule has 0 aliphatic rings. The van der Waals surface area contributed by atoms with Crippen molar-refractivity contribution < 1.29 is 29.6 Å². The molecular weight excluding hydrogens is 929 g/mol. The number of hydrogen-bond donors (Lipinski definition) is 1. The summed E-state index contributed by atoms with van der Waals surface area (Å²) in [7, 11) is 0. The summed E-state index contributed by atoms with van der Waals surface area (Å²) in [6.45, 7) is 14.7. The second kappa shape index (κ2) is 16.2. The number of hydrogen-bond acceptors (Lipinski definition) is 5. The van der Waals surface area contributed by atoms with Crippen LogP contribution in [0.4, 0.5) is 0 Å². The Balaban J connectivity index is 0.000000217. The molecule has 8 aromatic rings. The fraction of sp³-hybridized carbons (Fsp3) is 0.271. The van der Waals surface area contributed by atoms with Crippen LogP contribution in [0.1, 0.15) is 75.8 Å². The maximum absolute atomic E-state index is 10.5. The Morgan fingerprint density at radius 2 is 1.50 bits per heavy atom. The zero-order valence-corrected chi connectivity index (χ0v) is 38.4. The second-order valence-corrected chi connectivity index (χ2v) is 27.1. The van der Waals surface area contributed by atoms with Crippen molar-refractivity contribution in [3.63, 3.8) is 0 Å². The Kier molecular flexibility index (Phi) is 11.9. The van der Waals surface area contributed by atoms with Crippen molar-refractivity contribution in [1.29, 1.82) is 0 Å². The molecule has 8 heteroatoms. The van der Waals surface area contributed by atoms with Crippen molar-refractivity contribution >= 4 is 50.6 Å². The van der Waals surface area contributed by atoms with Gasteiger partial charge < -0.3 is 8.98 Å². The molecule has 0 spiro atoms. The minimum atomic E-state index is -2.07. The van der Waals surface area contributed by atoms with E-state index >= 15 is 0 Å². The number of aryl methyl sites for hydroxylation is 1. The number of nitrogens with zero attached hydrogens (tertiary/aromatic N) is 4. The third-order valence-electron chi connectivity index (χ3n) is 10.2. The first-order valence-electron chi connectivity index (χ1n) is 19.1. The van der Waals surface area contributed by atoms with Crippen molar-refractivity contribution in [3.05, 3.63) is 138 Å². The normalized spacial score (nSPS) is 12.0. The van der Waals surface area contributed by atoms with Crippen molar-refractivity contribution in [2.45, 2.75) is 83.2 Å². The zero-order chi connectivity index (χ0) is 39.2. The van der Waals surface area contributed by atoms with E-state index in [2.05, 4.69) is 109 Å². The molecular formula is C48H50GeIrN4O2-2. The van der Waals surface area contributed by atoms with Crippen molar-refractivity contribution in [3.8, 4) is 28.3 Å². The molecule has 0 fully saturated rings. The van der Waals surface area contributed by atoms with Crippen LogP contribution in [0.15, 0.2) is 108 Å². The van der Waals surface area contributed by atoms with Crippen LogP contribution in [0, 0.1) is 19.1 Å².